The van der Waals surface area contributed by atoms with Crippen LogP contribution in [0.1, 0.15) is 0 Å². The summed E-state index contributed by atoms with van der Waals surface area (Å²) in [7, 11) is -7.01. The van der Waals surface area contributed by atoms with Gasteiger partial charge in [0.2, 0.25) is 0 Å². The lowest BCUT2D eigenvalue weighted by atomic mass is 10.3. The summed E-state index contributed by atoms with van der Waals surface area (Å²) in [6.45, 7) is 0.619. The van der Waals surface area contributed by atoms with Gasteiger partial charge in [-0.05, 0) is 12.1 Å². The van der Waals surface area contributed by atoms with Gasteiger partial charge in [-0.3, -0.25) is 4.57 Å². The van der Waals surface area contributed by atoms with Crippen molar-refractivity contribution >= 4 is 20.0 Å². The standard InChI is InChI=1S/C7H9N.CH6O5P2/c1-8-7-5-3-2-4-6-7;1-7(2,3)8(4,5)6/h2-6,8H,1H3;1H3,(H,2,3)(H2,4,5,6). The lowest BCUT2D eigenvalue weighted by molar-refractivity contribution is 0.378. The minimum absolute atomic E-state index is 0.619. The summed E-state index contributed by atoms with van der Waals surface area (Å²) in [5.74, 6) is 0. The number of anilines is 1. The zero-order valence-corrected chi connectivity index (χ0v) is 10.7. The molecule has 0 spiro atoms. The Labute approximate surface area is 93.8 Å². The van der Waals surface area contributed by atoms with Gasteiger partial charge in [-0.2, -0.15) is 0 Å². The van der Waals surface area contributed by atoms with Crippen molar-refractivity contribution in [3.05, 3.63) is 30.3 Å². The minimum Gasteiger partial charge on any atom is -0.388 e. The van der Waals surface area contributed by atoms with Crippen LogP contribution in [0.4, 0.5) is 5.69 Å². The van der Waals surface area contributed by atoms with Gasteiger partial charge in [-0.1, -0.05) is 18.2 Å². The Hall–Kier alpha value is -0.640. The molecule has 0 saturated carbocycles. The fourth-order valence-electron chi connectivity index (χ4n) is 0.605. The molecule has 16 heavy (non-hydrogen) atoms. The van der Waals surface area contributed by atoms with Crippen LogP contribution in [0.3, 0.4) is 0 Å². The lowest BCUT2D eigenvalue weighted by Crippen LogP contribution is -1.84. The van der Waals surface area contributed by atoms with Gasteiger partial charge in [-0.25, -0.2) is 4.57 Å². The summed E-state index contributed by atoms with van der Waals surface area (Å²) in [5.41, 5.74) is 1.16. The summed E-state index contributed by atoms with van der Waals surface area (Å²) < 4.78 is 19.9. The molecular weight excluding hydrogens is 252 g/mol. The van der Waals surface area contributed by atoms with Crippen molar-refractivity contribution in [3.63, 3.8) is 0 Å². The van der Waals surface area contributed by atoms with Gasteiger partial charge in [0.05, 0.1) is 0 Å². The Morgan fingerprint density at radius 1 is 1.06 bits per heavy atom. The fraction of sp³-hybridized carbons (Fsp3) is 0.250. The van der Waals surface area contributed by atoms with E-state index in [-0.39, 0.29) is 0 Å². The van der Waals surface area contributed by atoms with Crippen LogP contribution in [-0.2, 0) is 9.13 Å². The number of nitrogens with one attached hydrogen (secondary N) is 1. The zero-order valence-electron chi connectivity index (χ0n) is 8.94. The molecule has 0 fully saturated rings. The Morgan fingerprint density at radius 2 is 1.44 bits per heavy atom. The summed E-state index contributed by atoms with van der Waals surface area (Å²) in [4.78, 5) is 24.1. The summed E-state index contributed by atoms with van der Waals surface area (Å²) >= 11 is 0. The zero-order chi connectivity index (χ0) is 12.8. The molecule has 1 aromatic carbocycles. The van der Waals surface area contributed by atoms with Crippen LogP contribution in [0.2, 0.25) is 0 Å². The second kappa shape index (κ2) is 6.18. The highest BCUT2D eigenvalue weighted by atomic mass is 32.1. The van der Waals surface area contributed by atoms with E-state index in [9.17, 15) is 9.13 Å². The summed E-state index contributed by atoms with van der Waals surface area (Å²) in [6, 6.07) is 10.1. The molecule has 1 unspecified atom stereocenters. The molecule has 6 nitrogen and oxygen atoms in total. The van der Waals surface area contributed by atoms with Crippen molar-refractivity contribution in [2.24, 2.45) is 0 Å². The first-order valence-corrected chi connectivity index (χ1v) is 8.70. The van der Waals surface area contributed by atoms with Gasteiger partial charge < -0.3 is 20.0 Å². The van der Waals surface area contributed by atoms with Crippen molar-refractivity contribution in [2.75, 3.05) is 19.0 Å². The molecule has 0 heterocycles. The maximum Gasteiger partial charge on any atom is 0.407 e. The van der Waals surface area contributed by atoms with Crippen LogP contribution in [0.25, 0.3) is 0 Å². The maximum absolute atomic E-state index is 10.0. The van der Waals surface area contributed by atoms with Crippen molar-refractivity contribution in [3.8, 4) is 0 Å². The van der Waals surface area contributed by atoms with Crippen molar-refractivity contribution in [1.82, 2.24) is 0 Å². The third kappa shape index (κ3) is 6.05. The molecule has 92 valence electrons. The first kappa shape index (κ1) is 15.4. The van der Waals surface area contributed by atoms with Crippen LogP contribution < -0.4 is 5.32 Å². The average Bonchev–Trinajstić information content (AvgIpc) is 2.17. The van der Waals surface area contributed by atoms with Gasteiger partial charge in [0.15, 0.2) is 0 Å². The number of rotatable bonds is 2. The first-order valence-electron chi connectivity index (χ1n) is 4.27. The SMILES string of the molecule is CNc1ccccc1.CP(=O)(O)P(=O)(O)O. The van der Waals surface area contributed by atoms with E-state index in [1.807, 2.05) is 37.4 Å². The van der Waals surface area contributed by atoms with Gasteiger partial charge in [0.25, 0.3) is 0 Å². The lowest BCUT2D eigenvalue weighted by Gasteiger charge is -2.04. The second-order valence-corrected chi connectivity index (χ2v) is 9.45. The van der Waals surface area contributed by atoms with E-state index < -0.39 is 14.3 Å². The molecule has 0 aromatic heterocycles. The van der Waals surface area contributed by atoms with Crippen LogP contribution in [-0.4, -0.2) is 28.4 Å². The summed E-state index contributed by atoms with van der Waals surface area (Å²) in [5, 5.41) is 3.03. The van der Waals surface area contributed by atoms with Crippen molar-refractivity contribution < 1.29 is 23.8 Å². The molecule has 0 bridgehead atoms. The van der Waals surface area contributed by atoms with Crippen LogP contribution >= 0.6 is 14.3 Å². The molecule has 8 heteroatoms. The predicted molar refractivity (Wildman–Crippen MR) is 63.8 cm³/mol. The predicted octanol–water partition coefficient (Wildman–Crippen LogP) is 1.71. The molecule has 1 aromatic rings. The van der Waals surface area contributed by atoms with E-state index in [2.05, 4.69) is 5.32 Å². The smallest absolute Gasteiger partial charge is 0.388 e. The Kier molecular flexibility index (Phi) is 5.94. The van der Waals surface area contributed by atoms with E-state index >= 15 is 0 Å². The fourth-order valence-corrected chi connectivity index (χ4v) is 0.605. The van der Waals surface area contributed by atoms with Gasteiger partial charge in [0, 0.05) is 19.4 Å². The molecule has 1 atom stereocenters. The third-order valence-corrected chi connectivity index (χ3v) is 5.41. The largest absolute Gasteiger partial charge is 0.407 e. The number of para-hydroxylation sites is 1. The van der Waals surface area contributed by atoms with Crippen molar-refractivity contribution in [2.45, 2.75) is 0 Å². The Morgan fingerprint density at radius 3 is 1.62 bits per heavy atom. The van der Waals surface area contributed by atoms with E-state index in [4.69, 9.17) is 14.7 Å². The number of benzene rings is 1. The monoisotopic (exact) mass is 267 g/mol. The van der Waals surface area contributed by atoms with E-state index in [0.29, 0.717) is 6.66 Å². The minimum atomic E-state index is -4.74. The van der Waals surface area contributed by atoms with E-state index in [1.54, 1.807) is 0 Å². The molecule has 1 rings (SSSR count). The molecule has 0 amide bonds. The molecule has 0 radical (unpaired) electrons. The molecule has 4 N–H and O–H groups in total. The molecule has 0 aliphatic heterocycles. The highest BCUT2D eigenvalue weighted by molar-refractivity contribution is 8.28. The molecule has 0 saturated heterocycles. The molecular formula is C8H15NO5P2. The molecule has 0 aliphatic rings. The van der Waals surface area contributed by atoms with Crippen molar-refractivity contribution in [1.29, 1.82) is 0 Å². The molecule has 0 aliphatic carbocycles. The Balaban J connectivity index is 0.000000281. The third-order valence-electron chi connectivity index (χ3n) is 1.55. The van der Waals surface area contributed by atoms with Crippen LogP contribution in [0, 0.1) is 0 Å². The van der Waals surface area contributed by atoms with Gasteiger partial charge >= 0.3 is 14.3 Å². The summed E-state index contributed by atoms with van der Waals surface area (Å²) in [6.07, 6.45) is 0. The van der Waals surface area contributed by atoms with Gasteiger partial charge in [-0.15, -0.1) is 0 Å². The second-order valence-electron chi connectivity index (χ2n) is 2.96. The highest BCUT2D eigenvalue weighted by Gasteiger charge is 2.33. The van der Waals surface area contributed by atoms with Gasteiger partial charge in [0.1, 0.15) is 0 Å². The maximum atomic E-state index is 10.0. The Bertz CT molecular complexity index is 376. The topological polar surface area (TPSA) is 107 Å². The van der Waals surface area contributed by atoms with Crippen LogP contribution in [0.5, 0.6) is 0 Å². The van der Waals surface area contributed by atoms with E-state index in [0.717, 1.165) is 5.69 Å². The number of hydrogen-bond acceptors (Lipinski definition) is 3. The number of hydrogen-bond donors (Lipinski definition) is 4. The normalized spacial score (nSPS) is 14.3. The quantitative estimate of drug-likeness (QED) is 0.608. The highest BCUT2D eigenvalue weighted by Crippen LogP contribution is 2.71. The van der Waals surface area contributed by atoms with Crippen LogP contribution in [0.15, 0.2) is 30.3 Å². The average molecular weight is 267 g/mol. The first-order chi connectivity index (χ1) is 7.18. The van der Waals surface area contributed by atoms with E-state index in [1.165, 1.54) is 0 Å².